The molecule has 0 atom stereocenters. The standard InChI is InChI=1S/C18H26N4S.HI/c1-4-19-18(20-12-11-17-6-5-13-23-17)21-14-15-7-9-16(10-8-15)22(2)3;/h5-10,13H,4,11-12,14H2,1-3H3,(H2,19,20,21);1H. The Balaban J connectivity index is 0.00000288. The van der Waals surface area contributed by atoms with Gasteiger partial charge in [-0.15, -0.1) is 35.3 Å². The van der Waals surface area contributed by atoms with Crippen molar-refractivity contribution < 1.29 is 0 Å². The molecule has 132 valence electrons. The zero-order chi connectivity index (χ0) is 16.5. The third-order valence-corrected chi connectivity index (χ3v) is 4.40. The van der Waals surface area contributed by atoms with Crippen molar-refractivity contribution in [1.29, 1.82) is 0 Å². The topological polar surface area (TPSA) is 39.7 Å². The predicted molar refractivity (Wildman–Crippen MR) is 117 cm³/mol. The largest absolute Gasteiger partial charge is 0.378 e. The van der Waals surface area contributed by atoms with Gasteiger partial charge in [0.1, 0.15) is 0 Å². The first kappa shape index (κ1) is 20.8. The van der Waals surface area contributed by atoms with E-state index in [9.17, 15) is 0 Å². The van der Waals surface area contributed by atoms with Gasteiger partial charge in [-0.25, -0.2) is 4.99 Å². The Hall–Kier alpha value is -1.28. The van der Waals surface area contributed by atoms with E-state index in [1.807, 2.05) is 14.1 Å². The molecule has 1 heterocycles. The number of thiophene rings is 1. The number of benzene rings is 1. The summed E-state index contributed by atoms with van der Waals surface area (Å²) in [5.74, 6) is 0.876. The molecule has 1 aromatic carbocycles. The van der Waals surface area contributed by atoms with Gasteiger partial charge in [0.2, 0.25) is 0 Å². The molecule has 0 aliphatic heterocycles. The Morgan fingerprint density at radius 3 is 2.46 bits per heavy atom. The van der Waals surface area contributed by atoms with Crippen LogP contribution in [0.5, 0.6) is 0 Å². The lowest BCUT2D eigenvalue weighted by atomic mass is 10.2. The first-order chi connectivity index (χ1) is 11.2. The minimum atomic E-state index is 0. The molecule has 2 rings (SSSR count). The van der Waals surface area contributed by atoms with Crippen LogP contribution in [0.25, 0.3) is 0 Å². The van der Waals surface area contributed by atoms with E-state index >= 15 is 0 Å². The molecule has 2 aromatic rings. The molecule has 0 fully saturated rings. The van der Waals surface area contributed by atoms with Crippen molar-refractivity contribution in [2.75, 3.05) is 32.1 Å². The van der Waals surface area contributed by atoms with Gasteiger partial charge in [0, 0.05) is 37.7 Å². The van der Waals surface area contributed by atoms with Crippen LogP contribution in [-0.4, -0.2) is 33.1 Å². The van der Waals surface area contributed by atoms with Gasteiger partial charge in [-0.1, -0.05) is 18.2 Å². The van der Waals surface area contributed by atoms with E-state index in [4.69, 9.17) is 0 Å². The molecule has 0 aliphatic rings. The number of halogens is 1. The zero-order valence-corrected chi connectivity index (χ0v) is 17.7. The summed E-state index contributed by atoms with van der Waals surface area (Å²) in [5.41, 5.74) is 2.42. The maximum Gasteiger partial charge on any atom is 0.191 e. The lowest BCUT2D eigenvalue weighted by Gasteiger charge is -2.13. The monoisotopic (exact) mass is 458 g/mol. The lowest BCUT2D eigenvalue weighted by molar-refractivity contribution is 0.804. The average molecular weight is 458 g/mol. The highest BCUT2D eigenvalue weighted by Gasteiger charge is 2.00. The van der Waals surface area contributed by atoms with Crippen molar-refractivity contribution in [1.82, 2.24) is 10.6 Å². The van der Waals surface area contributed by atoms with Crippen LogP contribution in [0.2, 0.25) is 0 Å². The van der Waals surface area contributed by atoms with Crippen LogP contribution in [0.3, 0.4) is 0 Å². The fraction of sp³-hybridized carbons (Fsp3) is 0.389. The molecule has 24 heavy (non-hydrogen) atoms. The summed E-state index contributed by atoms with van der Waals surface area (Å²) in [6.07, 6.45) is 1.03. The van der Waals surface area contributed by atoms with Crippen molar-refractivity contribution in [3.05, 3.63) is 52.2 Å². The second kappa shape index (κ2) is 11.3. The first-order valence-corrected chi connectivity index (χ1v) is 8.88. The second-order valence-corrected chi connectivity index (χ2v) is 6.54. The van der Waals surface area contributed by atoms with Gasteiger partial charge >= 0.3 is 0 Å². The summed E-state index contributed by atoms with van der Waals surface area (Å²) in [7, 11) is 4.10. The maximum absolute atomic E-state index is 4.66. The van der Waals surface area contributed by atoms with Crippen molar-refractivity contribution in [2.45, 2.75) is 19.9 Å². The van der Waals surface area contributed by atoms with Gasteiger partial charge in [0.15, 0.2) is 5.96 Å². The molecular formula is C18H27IN4S. The highest BCUT2D eigenvalue weighted by atomic mass is 127. The molecule has 6 heteroatoms. The number of anilines is 1. The van der Waals surface area contributed by atoms with E-state index in [1.165, 1.54) is 16.1 Å². The normalized spacial score (nSPS) is 10.9. The van der Waals surface area contributed by atoms with E-state index in [2.05, 4.69) is 69.2 Å². The van der Waals surface area contributed by atoms with Crippen molar-refractivity contribution in [2.24, 2.45) is 4.99 Å². The molecule has 0 amide bonds. The summed E-state index contributed by atoms with van der Waals surface area (Å²) < 4.78 is 0. The number of hydrogen-bond donors (Lipinski definition) is 2. The highest BCUT2D eigenvalue weighted by molar-refractivity contribution is 14.0. The third kappa shape index (κ3) is 7.09. The summed E-state index contributed by atoms with van der Waals surface area (Å²) in [6.45, 7) is 4.53. The Morgan fingerprint density at radius 1 is 1.12 bits per heavy atom. The smallest absolute Gasteiger partial charge is 0.191 e. The number of guanidine groups is 1. The maximum atomic E-state index is 4.66. The van der Waals surface area contributed by atoms with Crippen LogP contribution < -0.4 is 15.5 Å². The Bertz CT molecular complexity index is 594. The van der Waals surface area contributed by atoms with Crippen LogP contribution in [0.4, 0.5) is 5.69 Å². The lowest BCUT2D eigenvalue weighted by Crippen LogP contribution is -2.38. The second-order valence-electron chi connectivity index (χ2n) is 5.51. The summed E-state index contributed by atoms with van der Waals surface area (Å²) in [5, 5.41) is 8.81. The predicted octanol–water partition coefficient (Wildman–Crippen LogP) is 3.73. The quantitative estimate of drug-likeness (QED) is 0.378. The molecule has 0 saturated carbocycles. The van der Waals surface area contributed by atoms with Crippen LogP contribution >= 0.6 is 35.3 Å². The molecule has 0 unspecified atom stereocenters. The van der Waals surface area contributed by atoms with Crippen molar-refractivity contribution >= 4 is 47.0 Å². The summed E-state index contributed by atoms with van der Waals surface area (Å²) >= 11 is 1.80. The molecule has 2 N–H and O–H groups in total. The van der Waals surface area contributed by atoms with Crippen LogP contribution in [-0.2, 0) is 13.0 Å². The Kier molecular flexibility index (Phi) is 9.78. The van der Waals surface area contributed by atoms with Crippen molar-refractivity contribution in [3.63, 3.8) is 0 Å². The van der Waals surface area contributed by atoms with E-state index in [-0.39, 0.29) is 24.0 Å². The molecule has 0 bridgehead atoms. The minimum Gasteiger partial charge on any atom is -0.378 e. The average Bonchev–Trinajstić information content (AvgIpc) is 3.06. The van der Waals surface area contributed by atoms with Gasteiger partial charge in [0.05, 0.1) is 6.54 Å². The summed E-state index contributed by atoms with van der Waals surface area (Å²) in [6, 6.07) is 12.8. The molecular weight excluding hydrogens is 431 g/mol. The minimum absolute atomic E-state index is 0. The number of hydrogen-bond acceptors (Lipinski definition) is 3. The first-order valence-electron chi connectivity index (χ1n) is 8.00. The van der Waals surface area contributed by atoms with E-state index in [0.29, 0.717) is 6.54 Å². The summed E-state index contributed by atoms with van der Waals surface area (Å²) in [4.78, 5) is 8.16. The third-order valence-electron chi connectivity index (χ3n) is 3.46. The molecule has 0 aliphatic carbocycles. The number of rotatable bonds is 7. The molecule has 0 saturated heterocycles. The van der Waals surface area contributed by atoms with Crippen LogP contribution in [0.15, 0.2) is 46.8 Å². The molecule has 1 aromatic heterocycles. The van der Waals surface area contributed by atoms with E-state index in [1.54, 1.807) is 11.3 Å². The molecule has 4 nitrogen and oxygen atoms in total. The van der Waals surface area contributed by atoms with Gasteiger partial charge < -0.3 is 15.5 Å². The van der Waals surface area contributed by atoms with Gasteiger partial charge in [-0.3, -0.25) is 0 Å². The van der Waals surface area contributed by atoms with E-state index in [0.717, 1.165) is 25.5 Å². The number of nitrogens with zero attached hydrogens (tertiary/aromatic N) is 2. The van der Waals surface area contributed by atoms with Crippen LogP contribution in [0, 0.1) is 0 Å². The number of aliphatic imine (C=N–C) groups is 1. The molecule has 0 spiro atoms. The van der Waals surface area contributed by atoms with E-state index < -0.39 is 0 Å². The Morgan fingerprint density at radius 2 is 1.88 bits per heavy atom. The SMILES string of the molecule is CCNC(=NCc1ccc(N(C)C)cc1)NCCc1cccs1.I. The fourth-order valence-corrected chi connectivity index (χ4v) is 2.88. The van der Waals surface area contributed by atoms with Gasteiger partial charge in [-0.05, 0) is 42.5 Å². The van der Waals surface area contributed by atoms with Gasteiger partial charge in [0.25, 0.3) is 0 Å². The Labute approximate surface area is 166 Å². The molecule has 0 radical (unpaired) electrons. The fourth-order valence-electron chi connectivity index (χ4n) is 2.17. The number of nitrogens with one attached hydrogen (secondary N) is 2. The highest BCUT2D eigenvalue weighted by Crippen LogP contribution is 2.12. The van der Waals surface area contributed by atoms with Crippen LogP contribution in [0.1, 0.15) is 17.4 Å². The van der Waals surface area contributed by atoms with Crippen molar-refractivity contribution in [3.8, 4) is 0 Å². The van der Waals surface area contributed by atoms with Gasteiger partial charge in [-0.2, -0.15) is 0 Å². The zero-order valence-electron chi connectivity index (χ0n) is 14.6.